The Morgan fingerprint density at radius 3 is 3.00 bits per heavy atom. The fourth-order valence-electron chi connectivity index (χ4n) is 1.79. The molecule has 0 fully saturated rings. The number of aromatic amines is 1. The van der Waals surface area contributed by atoms with Gasteiger partial charge in [-0.2, -0.15) is 0 Å². The molecule has 2 aromatic rings. The van der Waals surface area contributed by atoms with Gasteiger partial charge in [0.1, 0.15) is 6.26 Å². The summed E-state index contributed by atoms with van der Waals surface area (Å²) in [6.07, 6.45) is 7.93. The maximum Gasteiger partial charge on any atom is 0.218 e. The molecule has 0 aliphatic heterocycles. The minimum Gasteiger partial charge on any atom is -0.445 e. The molecule has 2 rings (SSSR count). The van der Waals surface area contributed by atoms with E-state index in [1.807, 2.05) is 19.1 Å². The van der Waals surface area contributed by atoms with Crippen LogP contribution in [0.3, 0.4) is 0 Å². The van der Waals surface area contributed by atoms with Gasteiger partial charge in [0, 0.05) is 17.8 Å². The van der Waals surface area contributed by atoms with E-state index in [2.05, 4.69) is 29.5 Å². The van der Waals surface area contributed by atoms with Crippen molar-refractivity contribution in [3.05, 3.63) is 54.0 Å². The number of rotatable bonds is 4. The van der Waals surface area contributed by atoms with Crippen LogP contribution in [-0.2, 0) is 6.42 Å². The lowest BCUT2D eigenvalue weighted by Gasteiger charge is -1.96. The van der Waals surface area contributed by atoms with Crippen molar-refractivity contribution in [3.8, 4) is 0 Å². The molecule has 0 aliphatic carbocycles. The van der Waals surface area contributed by atoms with Crippen molar-refractivity contribution < 1.29 is 4.42 Å². The van der Waals surface area contributed by atoms with Crippen LogP contribution in [0.1, 0.15) is 29.8 Å². The van der Waals surface area contributed by atoms with E-state index < -0.39 is 0 Å². The fraction of sp³-hybridized carbons (Fsp3) is 0.214. The molecule has 88 valence electrons. The molecule has 0 bridgehead atoms. The summed E-state index contributed by atoms with van der Waals surface area (Å²) in [6.45, 7) is 8.04. The Labute approximate surface area is 101 Å². The van der Waals surface area contributed by atoms with Gasteiger partial charge in [0.25, 0.3) is 0 Å². The van der Waals surface area contributed by atoms with Gasteiger partial charge in [0.05, 0.1) is 6.20 Å². The molecular formula is C14H16N2O. The van der Waals surface area contributed by atoms with Crippen molar-refractivity contribution >= 4 is 11.6 Å². The summed E-state index contributed by atoms with van der Waals surface area (Å²) >= 11 is 0. The summed E-state index contributed by atoms with van der Waals surface area (Å²) in [5, 5.41) is 0. The van der Waals surface area contributed by atoms with Crippen molar-refractivity contribution in [1.29, 1.82) is 0 Å². The lowest BCUT2D eigenvalue weighted by Crippen LogP contribution is -1.83. The molecule has 0 aliphatic rings. The van der Waals surface area contributed by atoms with Crippen LogP contribution in [-0.4, -0.2) is 9.97 Å². The minimum absolute atomic E-state index is 0.633. The van der Waals surface area contributed by atoms with Gasteiger partial charge in [-0.3, -0.25) is 0 Å². The van der Waals surface area contributed by atoms with E-state index in [-0.39, 0.29) is 0 Å². The van der Waals surface area contributed by atoms with Crippen LogP contribution in [0, 0.1) is 6.92 Å². The SMILES string of the molecule is C=C(C)c1[nH]c(C/C=C/c2ncco2)cc1C. The minimum atomic E-state index is 0.633. The molecule has 0 saturated carbocycles. The molecule has 0 saturated heterocycles. The van der Waals surface area contributed by atoms with E-state index in [1.54, 1.807) is 12.5 Å². The van der Waals surface area contributed by atoms with Crippen molar-refractivity contribution in [1.82, 2.24) is 9.97 Å². The Hall–Kier alpha value is -2.03. The molecule has 0 radical (unpaired) electrons. The van der Waals surface area contributed by atoms with Gasteiger partial charge in [0.2, 0.25) is 5.89 Å². The molecule has 0 spiro atoms. The first-order valence-corrected chi connectivity index (χ1v) is 5.57. The molecule has 2 heterocycles. The second kappa shape index (κ2) is 4.87. The quantitative estimate of drug-likeness (QED) is 0.868. The van der Waals surface area contributed by atoms with E-state index in [9.17, 15) is 0 Å². The highest BCUT2D eigenvalue weighted by Gasteiger charge is 2.03. The van der Waals surface area contributed by atoms with Crippen molar-refractivity contribution in [2.24, 2.45) is 0 Å². The number of allylic oxidation sites excluding steroid dienone is 2. The van der Waals surface area contributed by atoms with Gasteiger partial charge >= 0.3 is 0 Å². The lowest BCUT2D eigenvalue weighted by atomic mass is 10.2. The van der Waals surface area contributed by atoms with E-state index >= 15 is 0 Å². The number of aromatic nitrogens is 2. The van der Waals surface area contributed by atoms with Gasteiger partial charge in [-0.05, 0) is 37.1 Å². The number of H-pyrrole nitrogens is 1. The Bertz CT molecular complexity index is 533. The van der Waals surface area contributed by atoms with Crippen LogP contribution in [0.2, 0.25) is 0 Å². The van der Waals surface area contributed by atoms with Crippen LogP contribution in [0.4, 0.5) is 0 Å². The largest absolute Gasteiger partial charge is 0.445 e. The van der Waals surface area contributed by atoms with Crippen molar-refractivity contribution in [2.45, 2.75) is 20.3 Å². The topological polar surface area (TPSA) is 41.8 Å². The Kier molecular flexibility index (Phi) is 3.28. The van der Waals surface area contributed by atoms with E-state index in [0.717, 1.165) is 17.7 Å². The lowest BCUT2D eigenvalue weighted by molar-refractivity contribution is 0.546. The molecule has 2 aromatic heterocycles. The Morgan fingerprint density at radius 2 is 2.41 bits per heavy atom. The third kappa shape index (κ3) is 2.75. The van der Waals surface area contributed by atoms with E-state index in [1.165, 1.54) is 11.3 Å². The molecule has 1 N–H and O–H groups in total. The maximum atomic E-state index is 5.12. The first-order chi connectivity index (χ1) is 8.16. The fourth-order valence-corrected chi connectivity index (χ4v) is 1.79. The Morgan fingerprint density at radius 1 is 1.59 bits per heavy atom. The van der Waals surface area contributed by atoms with Crippen molar-refractivity contribution in [2.75, 3.05) is 0 Å². The van der Waals surface area contributed by atoms with Crippen LogP contribution in [0.15, 0.2) is 35.6 Å². The molecule has 0 amide bonds. The highest BCUT2D eigenvalue weighted by Crippen LogP contribution is 2.17. The van der Waals surface area contributed by atoms with Crippen LogP contribution in [0.5, 0.6) is 0 Å². The molecule has 3 nitrogen and oxygen atoms in total. The molecule has 0 aromatic carbocycles. The summed E-state index contributed by atoms with van der Waals surface area (Å²) in [5.41, 5.74) is 4.59. The summed E-state index contributed by atoms with van der Waals surface area (Å²) in [7, 11) is 0. The number of nitrogens with zero attached hydrogens (tertiary/aromatic N) is 1. The zero-order chi connectivity index (χ0) is 12.3. The smallest absolute Gasteiger partial charge is 0.218 e. The zero-order valence-corrected chi connectivity index (χ0v) is 10.2. The number of aryl methyl sites for hydroxylation is 1. The van der Waals surface area contributed by atoms with Crippen LogP contribution < -0.4 is 0 Å². The standard InChI is InChI=1S/C14H16N2O/c1-10(2)14-11(3)9-12(16-14)5-4-6-13-15-7-8-17-13/h4,6-9,16H,1,5H2,2-3H3/b6-4+. The zero-order valence-electron chi connectivity index (χ0n) is 10.2. The average Bonchev–Trinajstić information content (AvgIpc) is 2.88. The molecule has 3 heteroatoms. The normalized spacial score (nSPS) is 11.2. The van der Waals surface area contributed by atoms with Crippen LogP contribution >= 0.6 is 0 Å². The number of nitrogens with one attached hydrogen (secondary N) is 1. The summed E-state index contributed by atoms with van der Waals surface area (Å²) in [5.74, 6) is 0.633. The first-order valence-electron chi connectivity index (χ1n) is 5.57. The second-order valence-electron chi connectivity index (χ2n) is 4.11. The number of hydrogen-bond acceptors (Lipinski definition) is 2. The third-order valence-electron chi connectivity index (χ3n) is 2.55. The van der Waals surface area contributed by atoms with E-state index in [0.29, 0.717) is 5.89 Å². The molecule has 17 heavy (non-hydrogen) atoms. The monoisotopic (exact) mass is 228 g/mol. The number of oxazole rings is 1. The third-order valence-corrected chi connectivity index (χ3v) is 2.55. The Balaban J connectivity index is 2.05. The summed E-state index contributed by atoms with van der Waals surface area (Å²) in [6, 6.07) is 2.14. The summed E-state index contributed by atoms with van der Waals surface area (Å²) in [4.78, 5) is 7.38. The molecular weight excluding hydrogens is 212 g/mol. The first kappa shape index (κ1) is 11.5. The van der Waals surface area contributed by atoms with E-state index in [4.69, 9.17) is 4.42 Å². The van der Waals surface area contributed by atoms with Gasteiger partial charge < -0.3 is 9.40 Å². The van der Waals surface area contributed by atoms with Gasteiger partial charge in [-0.25, -0.2) is 4.98 Å². The van der Waals surface area contributed by atoms with Gasteiger partial charge in [0.15, 0.2) is 0 Å². The molecule has 0 atom stereocenters. The molecule has 0 unspecified atom stereocenters. The van der Waals surface area contributed by atoms with Gasteiger partial charge in [-0.15, -0.1) is 0 Å². The van der Waals surface area contributed by atoms with Crippen LogP contribution in [0.25, 0.3) is 11.6 Å². The predicted molar refractivity (Wildman–Crippen MR) is 69.5 cm³/mol. The van der Waals surface area contributed by atoms with Crippen molar-refractivity contribution in [3.63, 3.8) is 0 Å². The predicted octanol–water partition coefficient (Wildman–Crippen LogP) is 3.60. The summed E-state index contributed by atoms with van der Waals surface area (Å²) < 4.78 is 5.12. The highest BCUT2D eigenvalue weighted by molar-refractivity contribution is 5.61. The second-order valence-corrected chi connectivity index (χ2v) is 4.11. The van der Waals surface area contributed by atoms with Gasteiger partial charge in [-0.1, -0.05) is 12.7 Å². The highest BCUT2D eigenvalue weighted by atomic mass is 16.3. The number of hydrogen-bond donors (Lipinski definition) is 1. The maximum absolute atomic E-state index is 5.12. The average molecular weight is 228 g/mol.